The maximum Gasteiger partial charge on any atom is 0.254 e. The molecule has 1 aliphatic rings. The summed E-state index contributed by atoms with van der Waals surface area (Å²) in [5.74, 6) is 0.0811. The van der Waals surface area contributed by atoms with Crippen molar-refractivity contribution in [1.82, 2.24) is 19.4 Å². The number of amides is 1. The number of hydrogen-bond donors (Lipinski definition) is 0. The number of carbonyl (C=O) groups is 1. The summed E-state index contributed by atoms with van der Waals surface area (Å²) < 4.78 is 2.00. The van der Waals surface area contributed by atoms with Gasteiger partial charge in [-0.05, 0) is 31.4 Å². The standard InChI is InChI=1S/C19H21N5OS2/c1-14-13-27-19(21-14)23-10-8-22(9-11-23)17(25)15-4-3-5-16(12-15)24-7-6-20-18(24)26-2/h3-7,12-13H,8-11H2,1-2H3. The number of hydrogen-bond acceptors (Lipinski definition) is 6. The largest absolute Gasteiger partial charge is 0.345 e. The first-order valence-electron chi connectivity index (χ1n) is 8.80. The number of thioether (sulfide) groups is 1. The Bertz CT molecular complexity index is 943. The fourth-order valence-electron chi connectivity index (χ4n) is 3.20. The van der Waals surface area contributed by atoms with Gasteiger partial charge in [0, 0.05) is 55.2 Å². The summed E-state index contributed by atoms with van der Waals surface area (Å²) >= 11 is 3.25. The van der Waals surface area contributed by atoms with Gasteiger partial charge in [0.15, 0.2) is 10.3 Å². The van der Waals surface area contributed by atoms with E-state index in [9.17, 15) is 4.79 Å². The van der Waals surface area contributed by atoms with E-state index < -0.39 is 0 Å². The van der Waals surface area contributed by atoms with Gasteiger partial charge in [0.05, 0.1) is 5.69 Å². The molecule has 0 atom stereocenters. The van der Waals surface area contributed by atoms with Gasteiger partial charge in [0.2, 0.25) is 0 Å². The second kappa shape index (κ2) is 7.74. The van der Waals surface area contributed by atoms with Gasteiger partial charge >= 0.3 is 0 Å². The van der Waals surface area contributed by atoms with Crippen LogP contribution < -0.4 is 4.90 Å². The van der Waals surface area contributed by atoms with E-state index in [1.807, 2.05) is 53.1 Å². The normalized spacial score (nSPS) is 14.6. The van der Waals surface area contributed by atoms with Gasteiger partial charge in [-0.15, -0.1) is 11.3 Å². The average molecular weight is 400 g/mol. The number of imidazole rings is 1. The maximum absolute atomic E-state index is 13.0. The van der Waals surface area contributed by atoms with Crippen molar-refractivity contribution in [1.29, 1.82) is 0 Å². The molecule has 1 aromatic carbocycles. The van der Waals surface area contributed by atoms with Crippen LogP contribution in [0.3, 0.4) is 0 Å². The predicted molar refractivity (Wildman–Crippen MR) is 110 cm³/mol. The highest BCUT2D eigenvalue weighted by atomic mass is 32.2. The summed E-state index contributed by atoms with van der Waals surface area (Å²) in [6.45, 7) is 5.06. The molecule has 0 spiro atoms. The van der Waals surface area contributed by atoms with Crippen LogP contribution in [0.5, 0.6) is 0 Å². The average Bonchev–Trinajstić information content (AvgIpc) is 3.36. The van der Waals surface area contributed by atoms with Gasteiger partial charge in [0.1, 0.15) is 0 Å². The van der Waals surface area contributed by atoms with Crippen LogP contribution in [0.1, 0.15) is 16.1 Å². The molecule has 27 heavy (non-hydrogen) atoms. The van der Waals surface area contributed by atoms with Crippen LogP contribution in [-0.4, -0.2) is 57.8 Å². The van der Waals surface area contributed by atoms with Crippen LogP contribution >= 0.6 is 23.1 Å². The van der Waals surface area contributed by atoms with Gasteiger partial charge < -0.3 is 9.80 Å². The minimum Gasteiger partial charge on any atom is -0.345 e. The monoisotopic (exact) mass is 399 g/mol. The van der Waals surface area contributed by atoms with Crippen molar-refractivity contribution in [3.05, 3.63) is 53.3 Å². The van der Waals surface area contributed by atoms with Crippen molar-refractivity contribution in [3.8, 4) is 5.69 Å². The number of piperazine rings is 1. The van der Waals surface area contributed by atoms with Crippen LogP contribution in [0.4, 0.5) is 5.13 Å². The van der Waals surface area contributed by atoms with Crippen LogP contribution in [0, 0.1) is 6.92 Å². The van der Waals surface area contributed by atoms with E-state index in [0.29, 0.717) is 18.7 Å². The lowest BCUT2D eigenvalue weighted by Crippen LogP contribution is -2.48. The molecule has 0 aliphatic carbocycles. The Balaban J connectivity index is 1.47. The third-order valence-corrected chi connectivity index (χ3v) is 6.29. The molecule has 3 heterocycles. The van der Waals surface area contributed by atoms with E-state index >= 15 is 0 Å². The van der Waals surface area contributed by atoms with Gasteiger partial charge in [-0.2, -0.15) is 0 Å². The lowest BCUT2D eigenvalue weighted by molar-refractivity contribution is 0.0746. The van der Waals surface area contributed by atoms with Crippen LogP contribution in [0.25, 0.3) is 5.69 Å². The number of anilines is 1. The van der Waals surface area contributed by atoms with Gasteiger partial charge in [-0.1, -0.05) is 17.8 Å². The quantitative estimate of drug-likeness (QED) is 0.630. The van der Waals surface area contributed by atoms with E-state index in [4.69, 9.17) is 0 Å². The molecule has 8 heteroatoms. The number of nitrogens with zero attached hydrogens (tertiary/aromatic N) is 5. The molecule has 3 aromatic rings. The number of benzene rings is 1. The van der Waals surface area contributed by atoms with E-state index in [1.165, 1.54) is 0 Å². The number of thiazole rings is 1. The number of rotatable bonds is 4. The van der Waals surface area contributed by atoms with Crippen molar-refractivity contribution < 1.29 is 4.79 Å². The first-order valence-corrected chi connectivity index (χ1v) is 10.9. The molecule has 1 amide bonds. The molecule has 1 aliphatic heterocycles. The highest BCUT2D eigenvalue weighted by molar-refractivity contribution is 7.98. The van der Waals surface area contributed by atoms with Crippen molar-refractivity contribution >= 4 is 34.1 Å². The highest BCUT2D eigenvalue weighted by Gasteiger charge is 2.23. The summed E-state index contributed by atoms with van der Waals surface area (Å²) in [4.78, 5) is 26.1. The Kier molecular flexibility index (Phi) is 5.18. The van der Waals surface area contributed by atoms with E-state index in [1.54, 1.807) is 29.3 Å². The molecule has 0 N–H and O–H groups in total. The molecule has 6 nitrogen and oxygen atoms in total. The van der Waals surface area contributed by atoms with Crippen molar-refractivity contribution in [2.45, 2.75) is 12.1 Å². The fourth-order valence-corrected chi connectivity index (χ4v) is 4.58. The molecule has 2 aromatic heterocycles. The number of carbonyl (C=O) groups excluding carboxylic acids is 1. The molecule has 4 rings (SSSR count). The smallest absolute Gasteiger partial charge is 0.254 e. The Labute approximate surface area is 166 Å². The molecule has 140 valence electrons. The van der Waals surface area contributed by atoms with E-state index in [0.717, 1.165) is 34.8 Å². The van der Waals surface area contributed by atoms with Crippen LogP contribution in [-0.2, 0) is 0 Å². The minimum absolute atomic E-state index is 0.0811. The second-order valence-corrected chi connectivity index (χ2v) is 7.99. The first-order chi connectivity index (χ1) is 13.2. The van der Waals surface area contributed by atoms with Gasteiger partial charge in [0.25, 0.3) is 5.91 Å². The molecule has 0 unspecified atom stereocenters. The van der Waals surface area contributed by atoms with E-state index in [2.05, 4.69) is 20.2 Å². The van der Waals surface area contributed by atoms with Gasteiger partial charge in [-0.25, -0.2) is 9.97 Å². The first kappa shape index (κ1) is 18.1. The fraction of sp³-hybridized carbons (Fsp3) is 0.316. The topological polar surface area (TPSA) is 54.3 Å². The van der Waals surface area contributed by atoms with E-state index in [-0.39, 0.29) is 5.91 Å². The zero-order valence-corrected chi connectivity index (χ0v) is 17.0. The molecule has 0 saturated carbocycles. The third kappa shape index (κ3) is 3.72. The van der Waals surface area contributed by atoms with Crippen molar-refractivity contribution in [2.75, 3.05) is 37.3 Å². The lowest BCUT2D eigenvalue weighted by Gasteiger charge is -2.34. The van der Waals surface area contributed by atoms with Crippen molar-refractivity contribution in [2.24, 2.45) is 0 Å². The summed E-state index contributed by atoms with van der Waals surface area (Å²) in [7, 11) is 0. The zero-order valence-electron chi connectivity index (χ0n) is 15.3. The lowest BCUT2D eigenvalue weighted by atomic mass is 10.1. The van der Waals surface area contributed by atoms with Gasteiger partial charge in [-0.3, -0.25) is 9.36 Å². The minimum atomic E-state index is 0.0811. The molecular weight excluding hydrogens is 378 g/mol. The Morgan fingerprint density at radius 1 is 1.22 bits per heavy atom. The zero-order chi connectivity index (χ0) is 18.8. The Morgan fingerprint density at radius 3 is 2.74 bits per heavy atom. The Hall–Kier alpha value is -2.32. The highest BCUT2D eigenvalue weighted by Crippen LogP contribution is 2.23. The predicted octanol–water partition coefficient (Wildman–Crippen LogP) is 3.32. The maximum atomic E-state index is 13.0. The number of aryl methyl sites for hydroxylation is 1. The molecular formula is C19H21N5OS2. The summed E-state index contributed by atoms with van der Waals surface area (Å²) in [5.41, 5.74) is 2.72. The third-order valence-electron chi connectivity index (χ3n) is 4.60. The van der Waals surface area contributed by atoms with Crippen LogP contribution in [0.2, 0.25) is 0 Å². The second-order valence-electron chi connectivity index (χ2n) is 6.38. The Morgan fingerprint density at radius 2 is 2.04 bits per heavy atom. The molecule has 0 bridgehead atoms. The number of aromatic nitrogens is 3. The SMILES string of the molecule is CSc1nccn1-c1cccc(C(=O)N2CCN(c3nc(C)cs3)CC2)c1. The molecule has 1 saturated heterocycles. The van der Waals surface area contributed by atoms with Crippen LogP contribution in [0.15, 0.2) is 47.2 Å². The molecule has 0 radical (unpaired) electrons. The summed E-state index contributed by atoms with van der Waals surface area (Å²) in [5, 5.41) is 4.02. The molecule has 1 fully saturated rings. The summed E-state index contributed by atoms with van der Waals surface area (Å²) in [6.07, 6.45) is 5.70. The summed E-state index contributed by atoms with van der Waals surface area (Å²) in [6, 6.07) is 7.76. The van der Waals surface area contributed by atoms with Crippen molar-refractivity contribution in [3.63, 3.8) is 0 Å².